The molecular formula is C27H18O10. The van der Waals surface area contributed by atoms with Gasteiger partial charge in [-0.25, -0.2) is 9.59 Å². The van der Waals surface area contributed by atoms with Crippen LogP contribution >= 0.6 is 0 Å². The van der Waals surface area contributed by atoms with E-state index in [9.17, 15) is 28.8 Å². The van der Waals surface area contributed by atoms with E-state index in [0.29, 0.717) is 0 Å². The molecule has 186 valence electrons. The number of Topliss-reactive ketones (excluding diaryl/α,β-unsaturated/α-hetero) is 4. The lowest BCUT2D eigenvalue weighted by atomic mass is 9.91. The SMILES string of the molecule is COC(=O)c1ccc(C(=O)C(=O)c2cc3c(cc2C(=O)C(=O)c2ccc(C(=O)OC)cc2)OCO3)cc1. The van der Waals surface area contributed by atoms with Crippen LogP contribution in [0.2, 0.25) is 0 Å². The van der Waals surface area contributed by atoms with E-state index in [1.165, 1.54) is 74.9 Å². The highest BCUT2D eigenvalue weighted by atomic mass is 16.7. The highest BCUT2D eigenvalue weighted by Gasteiger charge is 2.31. The summed E-state index contributed by atoms with van der Waals surface area (Å²) >= 11 is 0. The van der Waals surface area contributed by atoms with Crippen molar-refractivity contribution in [2.75, 3.05) is 21.0 Å². The zero-order chi connectivity index (χ0) is 26.7. The minimum Gasteiger partial charge on any atom is -0.465 e. The number of ether oxygens (including phenoxy) is 4. The molecule has 10 nitrogen and oxygen atoms in total. The van der Waals surface area contributed by atoms with Crippen LogP contribution in [0.3, 0.4) is 0 Å². The highest BCUT2D eigenvalue weighted by molar-refractivity contribution is 6.54. The van der Waals surface area contributed by atoms with Gasteiger partial charge in [-0.05, 0) is 36.4 Å². The van der Waals surface area contributed by atoms with E-state index in [4.69, 9.17) is 9.47 Å². The number of esters is 2. The average molecular weight is 502 g/mol. The topological polar surface area (TPSA) is 139 Å². The van der Waals surface area contributed by atoms with Crippen molar-refractivity contribution < 1.29 is 47.7 Å². The van der Waals surface area contributed by atoms with Crippen LogP contribution in [0.5, 0.6) is 11.5 Å². The van der Waals surface area contributed by atoms with Crippen molar-refractivity contribution in [3.8, 4) is 11.5 Å². The molecule has 1 aliphatic heterocycles. The third kappa shape index (κ3) is 4.85. The Morgan fingerprint density at radius 1 is 0.541 bits per heavy atom. The normalized spacial score (nSPS) is 11.4. The van der Waals surface area contributed by atoms with E-state index < -0.39 is 35.1 Å². The van der Waals surface area contributed by atoms with Crippen LogP contribution in [-0.4, -0.2) is 56.1 Å². The summed E-state index contributed by atoms with van der Waals surface area (Å²) in [4.78, 5) is 75.6. The summed E-state index contributed by atoms with van der Waals surface area (Å²) in [7, 11) is 2.41. The second kappa shape index (κ2) is 10.2. The van der Waals surface area contributed by atoms with Crippen molar-refractivity contribution in [1.29, 1.82) is 0 Å². The number of hydrogen-bond acceptors (Lipinski definition) is 10. The molecule has 0 saturated heterocycles. The molecule has 1 aliphatic rings. The van der Waals surface area contributed by atoms with Gasteiger partial charge in [0.25, 0.3) is 0 Å². The molecule has 0 atom stereocenters. The number of hydrogen-bond donors (Lipinski definition) is 0. The predicted molar refractivity (Wildman–Crippen MR) is 125 cm³/mol. The second-order valence-electron chi connectivity index (χ2n) is 7.71. The molecule has 0 bridgehead atoms. The minimum absolute atomic E-state index is 0.0431. The maximum Gasteiger partial charge on any atom is 0.337 e. The van der Waals surface area contributed by atoms with Gasteiger partial charge in [-0.3, -0.25) is 19.2 Å². The van der Waals surface area contributed by atoms with E-state index in [1.54, 1.807) is 0 Å². The zero-order valence-corrected chi connectivity index (χ0v) is 19.6. The van der Waals surface area contributed by atoms with Crippen molar-refractivity contribution in [2.45, 2.75) is 0 Å². The Bertz CT molecular complexity index is 1340. The molecule has 3 aromatic carbocycles. The summed E-state index contributed by atoms with van der Waals surface area (Å²) in [5.74, 6) is -5.06. The van der Waals surface area contributed by atoms with Crippen LogP contribution in [0, 0.1) is 0 Å². The molecule has 37 heavy (non-hydrogen) atoms. The second-order valence-corrected chi connectivity index (χ2v) is 7.71. The van der Waals surface area contributed by atoms with Crippen LogP contribution in [0.25, 0.3) is 0 Å². The van der Waals surface area contributed by atoms with Crippen LogP contribution in [0.1, 0.15) is 62.1 Å². The number of methoxy groups -OCH3 is 2. The first-order chi connectivity index (χ1) is 17.7. The van der Waals surface area contributed by atoms with Gasteiger partial charge in [0.15, 0.2) is 11.5 Å². The Morgan fingerprint density at radius 2 is 0.865 bits per heavy atom. The summed E-state index contributed by atoms with van der Waals surface area (Å²) < 4.78 is 19.8. The maximum absolute atomic E-state index is 13.2. The fourth-order valence-corrected chi connectivity index (χ4v) is 3.58. The van der Waals surface area contributed by atoms with Gasteiger partial charge >= 0.3 is 11.9 Å². The summed E-state index contributed by atoms with van der Waals surface area (Å²) in [6.07, 6.45) is 0. The number of carbonyl (C=O) groups excluding carboxylic acids is 6. The van der Waals surface area contributed by atoms with Gasteiger partial charge in [0.05, 0.1) is 25.3 Å². The van der Waals surface area contributed by atoms with Crippen LogP contribution in [0.15, 0.2) is 60.7 Å². The van der Waals surface area contributed by atoms with Crippen LogP contribution in [0.4, 0.5) is 0 Å². The zero-order valence-electron chi connectivity index (χ0n) is 19.6. The molecule has 0 unspecified atom stereocenters. The Morgan fingerprint density at radius 3 is 1.19 bits per heavy atom. The van der Waals surface area contributed by atoms with Crippen molar-refractivity contribution in [3.63, 3.8) is 0 Å². The van der Waals surface area contributed by atoms with Crippen molar-refractivity contribution >= 4 is 35.1 Å². The lowest BCUT2D eigenvalue weighted by molar-refractivity contribution is 0.0592. The molecule has 0 N–H and O–H groups in total. The van der Waals surface area contributed by atoms with Crippen molar-refractivity contribution in [2.24, 2.45) is 0 Å². The molecule has 10 heteroatoms. The first-order valence-electron chi connectivity index (χ1n) is 10.7. The Labute approximate surface area is 209 Å². The molecule has 4 rings (SSSR count). The van der Waals surface area contributed by atoms with E-state index >= 15 is 0 Å². The van der Waals surface area contributed by atoms with Gasteiger partial charge in [0, 0.05) is 22.3 Å². The van der Waals surface area contributed by atoms with Crippen LogP contribution < -0.4 is 9.47 Å². The predicted octanol–water partition coefficient (Wildman–Crippen LogP) is 3.12. The quantitative estimate of drug-likeness (QED) is 0.256. The highest BCUT2D eigenvalue weighted by Crippen LogP contribution is 2.36. The Balaban J connectivity index is 1.68. The van der Waals surface area contributed by atoms with E-state index in [-0.39, 0.29) is 51.7 Å². The lowest BCUT2D eigenvalue weighted by Crippen LogP contribution is -2.22. The van der Waals surface area contributed by atoms with Gasteiger partial charge in [0.1, 0.15) is 0 Å². The van der Waals surface area contributed by atoms with Gasteiger partial charge in [-0.2, -0.15) is 0 Å². The number of rotatable bonds is 8. The fraction of sp³-hybridized carbons (Fsp3) is 0.111. The summed E-state index contributed by atoms with van der Waals surface area (Å²) in [6, 6.07) is 12.7. The van der Waals surface area contributed by atoms with E-state index in [0.717, 1.165) is 0 Å². The smallest absolute Gasteiger partial charge is 0.337 e. The van der Waals surface area contributed by atoms with E-state index in [1.807, 2.05) is 0 Å². The molecule has 0 amide bonds. The summed E-state index contributed by atoms with van der Waals surface area (Å²) in [5, 5.41) is 0. The molecule has 0 fully saturated rings. The lowest BCUT2D eigenvalue weighted by Gasteiger charge is -2.10. The maximum atomic E-state index is 13.2. The summed E-state index contributed by atoms with van der Waals surface area (Å²) in [6.45, 7) is -0.174. The number of carbonyl (C=O) groups is 6. The molecular weight excluding hydrogens is 484 g/mol. The van der Waals surface area contributed by atoms with Crippen LogP contribution in [-0.2, 0) is 9.47 Å². The first-order valence-corrected chi connectivity index (χ1v) is 10.7. The molecule has 0 saturated carbocycles. The van der Waals surface area contributed by atoms with Gasteiger partial charge in [-0.15, -0.1) is 0 Å². The van der Waals surface area contributed by atoms with Crippen molar-refractivity contribution in [3.05, 3.63) is 94.0 Å². The third-order valence-electron chi connectivity index (χ3n) is 5.55. The summed E-state index contributed by atoms with van der Waals surface area (Å²) in [5.41, 5.74) is -0.438. The Hall–Kier alpha value is -5.12. The molecule has 0 aromatic heterocycles. The number of ketones is 4. The molecule has 0 aliphatic carbocycles. The molecule has 3 aromatic rings. The van der Waals surface area contributed by atoms with Gasteiger partial charge in [0.2, 0.25) is 29.9 Å². The average Bonchev–Trinajstić information content (AvgIpc) is 3.42. The van der Waals surface area contributed by atoms with Crippen molar-refractivity contribution in [1.82, 2.24) is 0 Å². The monoisotopic (exact) mass is 502 g/mol. The third-order valence-corrected chi connectivity index (χ3v) is 5.55. The molecule has 0 spiro atoms. The van der Waals surface area contributed by atoms with Gasteiger partial charge < -0.3 is 18.9 Å². The number of benzene rings is 3. The standard InChI is InChI=1S/C27H18O10/c1-34-26(32)16-7-3-14(4-8-16)22(28)24(30)18-11-20-21(37-13-36-20)12-19(18)25(31)23(29)15-5-9-17(10-6-15)27(33)35-2/h3-12H,13H2,1-2H3. The fourth-order valence-electron chi connectivity index (χ4n) is 3.58. The largest absolute Gasteiger partial charge is 0.465 e. The molecule has 1 heterocycles. The Kier molecular flexibility index (Phi) is 6.92. The first kappa shape index (κ1) is 25.0. The van der Waals surface area contributed by atoms with Gasteiger partial charge in [-0.1, -0.05) is 24.3 Å². The van der Waals surface area contributed by atoms with E-state index in [2.05, 4.69) is 9.47 Å². The minimum atomic E-state index is -1.07. The number of fused-ring (bicyclic) bond motifs is 1. The molecule has 0 radical (unpaired) electrons.